The van der Waals surface area contributed by atoms with Gasteiger partial charge in [-0.1, -0.05) is 24.3 Å². The number of hydrogen-bond acceptors (Lipinski definition) is 4. The van der Waals surface area contributed by atoms with Crippen molar-refractivity contribution >= 4 is 23.0 Å². The van der Waals surface area contributed by atoms with Gasteiger partial charge in [-0.25, -0.2) is 4.98 Å². The van der Waals surface area contributed by atoms with Gasteiger partial charge in [-0.3, -0.25) is 4.98 Å². The van der Waals surface area contributed by atoms with Crippen LogP contribution in [0.3, 0.4) is 0 Å². The predicted octanol–water partition coefficient (Wildman–Crippen LogP) is 4.15. The molecule has 1 fully saturated rings. The third-order valence-electron chi connectivity index (χ3n) is 5.22. The number of rotatable bonds is 4. The van der Waals surface area contributed by atoms with Gasteiger partial charge in [-0.15, -0.1) is 0 Å². The van der Waals surface area contributed by atoms with E-state index in [1.54, 1.807) is 24.5 Å². The number of aromatic nitrogens is 3. The number of benzene rings is 1. The summed E-state index contributed by atoms with van der Waals surface area (Å²) in [6, 6.07) is 22.5. The Balaban J connectivity index is 1.69. The highest BCUT2D eigenvalue weighted by molar-refractivity contribution is 7.80. The Hall–Kier alpha value is -3.71. The number of aromatic hydroxyl groups is 1. The third-order valence-corrected chi connectivity index (χ3v) is 5.53. The Morgan fingerprint density at radius 2 is 1.63 bits per heavy atom. The zero-order chi connectivity index (χ0) is 20.5. The topological polar surface area (TPSA) is 66.2 Å². The van der Waals surface area contributed by atoms with Crippen LogP contribution in [0.25, 0.3) is 5.82 Å². The molecule has 0 aliphatic carbocycles. The van der Waals surface area contributed by atoms with E-state index in [0.29, 0.717) is 10.8 Å². The van der Waals surface area contributed by atoms with Gasteiger partial charge in [-0.05, 0) is 60.7 Å². The first-order valence-corrected chi connectivity index (χ1v) is 10.0. The molecule has 4 aromatic rings. The molecule has 0 bridgehead atoms. The van der Waals surface area contributed by atoms with E-state index in [0.717, 1.165) is 17.2 Å². The average Bonchev–Trinajstić information content (AvgIpc) is 3.40. The van der Waals surface area contributed by atoms with Crippen LogP contribution in [0, 0.1) is 0 Å². The van der Waals surface area contributed by atoms with Crippen molar-refractivity contribution in [2.24, 2.45) is 0 Å². The summed E-state index contributed by atoms with van der Waals surface area (Å²) in [5.74, 6) is 0.983. The molecule has 0 amide bonds. The smallest absolute Gasteiger partial charge is 0.174 e. The second-order valence-electron chi connectivity index (χ2n) is 6.98. The van der Waals surface area contributed by atoms with Crippen LogP contribution in [-0.4, -0.2) is 24.8 Å². The van der Waals surface area contributed by atoms with E-state index in [1.165, 1.54) is 0 Å². The molecule has 2 unspecified atom stereocenters. The number of thiocarbonyl (C=S) groups is 1. The molecule has 1 aliphatic rings. The molecule has 6 nitrogen and oxygen atoms in total. The van der Waals surface area contributed by atoms with Gasteiger partial charge in [-0.2, -0.15) is 0 Å². The summed E-state index contributed by atoms with van der Waals surface area (Å²) < 4.78 is 2.04. The lowest BCUT2D eigenvalue weighted by molar-refractivity contribution is 0.472. The highest BCUT2D eigenvalue weighted by Gasteiger charge is 2.43. The lowest BCUT2D eigenvalue weighted by atomic mass is 10.0. The van der Waals surface area contributed by atoms with Crippen LogP contribution in [-0.2, 0) is 0 Å². The largest absolute Gasteiger partial charge is 0.506 e. The van der Waals surface area contributed by atoms with Gasteiger partial charge in [0.25, 0.3) is 0 Å². The number of hydrogen-bond donors (Lipinski definition) is 2. The summed E-state index contributed by atoms with van der Waals surface area (Å²) in [6.07, 6.45) is 5.53. The third kappa shape index (κ3) is 3.09. The van der Waals surface area contributed by atoms with Crippen LogP contribution in [0.1, 0.15) is 23.5 Å². The molecule has 2 N–H and O–H groups in total. The second kappa shape index (κ2) is 7.61. The standard InChI is InChI=1S/C23H19N5OS/c29-19-11-2-1-9-17(19)28-22(21(26-23(28)30)16-8-3-5-13-24-16)18-10-7-15-27(18)20-12-4-6-14-25-20/h1-15,21-22,29H,(H,26,30). The summed E-state index contributed by atoms with van der Waals surface area (Å²) in [7, 11) is 0. The average molecular weight is 414 g/mol. The molecule has 30 heavy (non-hydrogen) atoms. The number of anilines is 1. The molecular formula is C23H19N5OS. The summed E-state index contributed by atoms with van der Waals surface area (Å²) in [5.41, 5.74) is 2.50. The van der Waals surface area contributed by atoms with E-state index in [2.05, 4.69) is 21.4 Å². The Bertz CT molecular complexity index is 1180. The first-order valence-electron chi connectivity index (χ1n) is 9.61. The number of pyridine rings is 2. The SMILES string of the molecule is Oc1ccccc1N1C(=S)NC(c2ccccn2)C1c1cccn1-c1ccccn1. The van der Waals surface area contributed by atoms with Gasteiger partial charge in [0.2, 0.25) is 0 Å². The highest BCUT2D eigenvalue weighted by Crippen LogP contribution is 2.44. The molecule has 4 heterocycles. The van der Waals surface area contributed by atoms with Crippen molar-refractivity contribution in [3.05, 3.63) is 103 Å². The van der Waals surface area contributed by atoms with Crippen LogP contribution in [0.2, 0.25) is 0 Å². The lowest BCUT2D eigenvalue weighted by Crippen LogP contribution is -2.30. The van der Waals surface area contributed by atoms with Crippen LogP contribution < -0.4 is 10.2 Å². The Labute approximate surface area is 179 Å². The van der Waals surface area contributed by atoms with Gasteiger partial charge >= 0.3 is 0 Å². The van der Waals surface area contributed by atoms with E-state index < -0.39 is 0 Å². The number of phenolic OH excluding ortho intramolecular Hbond substituents is 1. The fourth-order valence-corrected chi connectivity index (χ4v) is 4.26. The summed E-state index contributed by atoms with van der Waals surface area (Å²) in [5, 5.41) is 14.5. The molecule has 1 aromatic carbocycles. The van der Waals surface area contributed by atoms with E-state index in [4.69, 9.17) is 12.2 Å². The summed E-state index contributed by atoms with van der Waals surface area (Å²) >= 11 is 5.72. The van der Waals surface area contributed by atoms with E-state index in [1.807, 2.05) is 70.3 Å². The molecule has 0 saturated carbocycles. The molecule has 3 aromatic heterocycles. The number of nitrogens with one attached hydrogen (secondary N) is 1. The quantitative estimate of drug-likeness (QED) is 0.490. The number of para-hydroxylation sites is 2. The van der Waals surface area contributed by atoms with Crippen molar-refractivity contribution in [1.82, 2.24) is 19.9 Å². The zero-order valence-corrected chi connectivity index (χ0v) is 16.8. The van der Waals surface area contributed by atoms with Crippen molar-refractivity contribution < 1.29 is 5.11 Å². The van der Waals surface area contributed by atoms with Gasteiger partial charge in [0, 0.05) is 24.3 Å². The zero-order valence-electron chi connectivity index (χ0n) is 16.0. The fraction of sp³-hybridized carbons (Fsp3) is 0.0870. The Morgan fingerprint density at radius 1 is 0.867 bits per heavy atom. The first kappa shape index (κ1) is 18.3. The van der Waals surface area contributed by atoms with Crippen LogP contribution >= 0.6 is 12.2 Å². The summed E-state index contributed by atoms with van der Waals surface area (Å²) in [6.45, 7) is 0. The van der Waals surface area contributed by atoms with E-state index >= 15 is 0 Å². The van der Waals surface area contributed by atoms with E-state index in [-0.39, 0.29) is 17.8 Å². The van der Waals surface area contributed by atoms with Crippen LogP contribution in [0.15, 0.2) is 91.4 Å². The number of phenols is 1. The Kier molecular flexibility index (Phi) is 4.65. The maximum atomic E-state index is 10.6. The fourth-order valence-electron chi connectivity index (χ4n) is 3.92. The van der Waals surface area contributed by atoms with Crippen molar-refractivity contribution in [2.75, 3.05) is 4.90 Å². The molecule has 2 atom stereocenters. The predicted molar refractivity (Wildman–Crippen MR) is 120 cm³/mol. The minimum atomic E-state index is -0.238. The van der Waals surface area contributed by atoms with Crippen molar-refractivity contribution in [1.29, 1.82) is 0 Å². The van der Waals surface area contributed by atoms with Crippen LogP contribution in [0.5, 0.6) is 5.75 Å². The summed E-state index contributed by atoms with van der Waals surface area (Å²) in [4.78, 5) is 11.0. The minimum absolute atomic E-state index is 0.171. The van der Waals surface area contributed by atoms with E-state index in [9.17, 15) is 5.11 Å². The molecule has 5 rings (SSSR count). The normalized spacial score (nSPS) is 18.4. The van der Waals surface area contributed by atoms with Gasteiger partial charge in [0.15, 0.2) is 5.11 Å². The monoisotopic (exact) mass is 413 g/mol. The Morgan fingerprint density at radius 3 is 2.37 bits per heavy atom. The maximum Gasteiger partial charge on any atom is 0.174 e. The molecule has 0 spiro atoms. The lowest BCUT2D eigenvalue weighted by Gasteiger charge is -2.29. The van der Waals surface area contributed by atoms with Crippen molar-refractivity contribution in [3.63, 3.8) is 0 Å². The van der Waals surface area contributed by atoms with Crippen molar-refractivity contribution in [3.8, 4) is 11.6 Å². The van der Waals surface area contributed by atoms with Crippen molar-refractivity contribution in [2.45, 2.75) is 12.1 Å². The maximum absolute atomic E-state index is 10.6. The molecule has 1 aliphatic heterocycles. The minimum Gasteiger partial charge on any atom is -0.506 e. The number of nitrogens with zero attached hydrogens (tertiary/aromatic N) is 4. The van der Waals surface area contributed by atoms with Gasteiger partial charge < -0.3 is 19.9 Å². The molecule has 1 saturated heterocycles. The molecule has 0 radical (unpaired) electrons. The van der Waals surface area contributed by atoms with Gasteiger partial charge in [0.05, 0.1) is 17.4 Å². The molecule has 7 heteroatoms. The van der Waals surface area contributed by atoms with Crippen LogP contribution in [0.4, 0.5) is 5.69 Å². The van der Waals surface area contributed by atoms with Gasteiger partial charge in [0.1, 0.15) is 17.6 Å². The molecule has 148 valence electrons. The second-order valence-corrected chi connectivity index (χ2v) is 7.36. The molecular weight excluding hydrogens is 394 g/mol. The first-order chi connectivity index (χ1) is 14.7. The highest BCUT2D eigenvalue weighted by atomic mass is 32.1.